The number of hydrogen-bond donors (Lipinski definition) is 1. The summed E-state index contributed by atoms with van der Waals surface area (Å²) in [5.41, 5.74) is 0. The molecule has 0 amide bonds. The van der Waals surface area contributed by atoms with Crippen molar-refractivity contribution in [3.05, 3.63) is 0 Å². The number of nitrogens with one attached hydrogen (secondary N) is 1. The fraction of sp³-hybridized carbons (Fsp3) is 1.00. The van der Waals surface area contributed by atoms with Crippen LogP contribution >= 0.6 is 0 Å². The number of nitrogens with zero attached hydrogens (tertiary/aromatic N) is 1. The van der Waals surface area contributed by atoms with Crippen molar-refractivity contribution in [1.82, 2.24) is 10.2 Å². The van der Waals surface area contributed by atoms with Gasteiger partial charge in [-0.2, -0.15) is 0 Å². The van der Waals surface area contributed by atoms with Crippen LogP contribution in [0.3, 0.4) is 0 Å². The number of piperazine rings is 1. The van der Waals surface area contributed by atoms with E-state index in [2.05, 4.69) is 37.9 Å². The van der Waals surface area contributed by atoms with Gasteiger partial charge in [0.15, 0.2) is 0 Å². The smallest absolute Gasteiger partial charge is 0.0244 e. The zero-order chi connectivity index (χ0) is 13.1. The van der Waals surface area contributed by atoms with Crippen molar-refractivity contribution in [2.45, 2.75) is 65.5 Å². The van der Waals surface area contributed by atoms with Gasteiger partial charge in [0, 0.05) is 25.2 Å². The maximum atomic E-state index is 3.77. The van der Waals surface area contributed by atoms with Crippen LogP contribution in [0.4, 0.5) is 0 Å². The van der Waals surface area contributed by atoms with E-state index in [1.165, 1.54) is 45.3 Å². The molecule has 1 saturated carbocycles. The van der Waals surface area contributed by atoms with Gasteiger partial charge in [-0.1, -0.05) is 40.5 Å². The van der Waals surface area contributed by atoms with E-state index in [1.807, 2.05) is 0 Å². The lowest BCUT2D eigenvalue weighted by atomic mass is 9.94. The molecule has 1 N–H and O–H groups in total. The topological polar surface area (TPSA) is 15.3 Å². The highest BCUT2D eigenvalue weighted by Gasteiger charge is 2.31. The van der Waals surface area contributed by atoms with Gasteiger partial charge in [0.25, 0.3) is 0 Å². The van der Waals surface area contributed by atoms with E-state index in [1.54, 1.807) is 0 Å². The molecule has 0 aromatic rings. The Morgan fingerprint density at radius 2 is 1.89 bits per heavy atom. The first kappa shape index (κ1) is 14.3. The van der Waals surface area contributed by atoms with Crippen LogP contribution in [0.15, 0.2) is 0 Å². The maximum absolute atomic E-state index is 3.77. The second-order valence-corrected chi connectivity index (χ2v) is 7.27. The summed E-state index contributed by atoms with van der Waals surface area (Å²) < 4.78 is 0. The summed E-state index contributed by atoms with van der Waals surface area (Å²) >= 11 is 0. The molecule has 1 saturated heterocycles. The van der Waals surface area contributed by atoms with Crippen molar-refractivity contribution in [3.63, 3.8) is 0 Å². The minimum atomic E-state index is 0.721. The van der Waals surface area contributed by atoms with E-state index in [0.29, 0.717) is 0 Å². The highest BCUT2D eigenvalue weighted by atomic mass is 15.2. The van der Waals surface area contributed by atoms with Gasteiger partial charge in [-0.25, -0.2) is 0 Å². The minimum absolute atomic E-state index is 0.721. The molecule has 106 valence electrons. The van der Waals surface area contributed by atoms with Crippen LogP contribution in [-0.4, -0.2) is 36.6 Å². The van der Waals surface area contributed by atoms with Crippen LogP contribution in [0.2, 0.25) is 0 Å². The zero-order valence-corrected chi connectivity index (χ0v) is 12.8. The lowest BCUT2D eigenvalue weighted by molar-refractivity contribution is 0.0895. The molecule has 2 unspecified atom stereocenters. The Morgan fingerprint density at radius 1 is 1.17 bits per heavy atom. The summed E-state index contributed by atoms with van der Waals surface area (Å²) in [5.74, 6) is 2.65. The van der Waals surface area contributed by atoms with Crippen LogP contribution < -0.4 is 5.32 Å². The van der Waals surface area contributed by atoms with E-state index < -0.39 is 0 Å². The van der Waals surface area contributed by atoms with Crippen LogP contribution in [0, 0.1) is 17.8 Å². The number of rotatable bonds is 6. The molecule has 2 atom stereocenters. The predicted molar refractivity (Wildman–Crippen MR) is 78.8 cm³/mol. The van der Waals surface area contributed by atoms with Crippen molar-refractivity contribution < 1.29 is 0 Å². The molecule has 0 bridgehead atoms. The van der Waals surface area contributed by atoms with Crippen LogP contribution in [-0.2, 0) is 0 Å². The van der Waals surface area contributed by atoms with Gasteiger partial charge in [-0.05, 0) is 37.1 Å². The van der Waals surface area contributed by atoms with Crippen LogP contribution in [0.5, 0.6) is 0 Å². The molecule has 2 heteroatoms. The molecule has 1 aliphatic heterocycles. The lowest BCUT2D eigenvalue weighted by Crippen LogP contribution is -2.58. The van der Waals surface area contributed by atoms with Crippen molar-refractivity contribution >= 4 is 0 Å². The van der Waals surface area contributed by atoms with Gasteiger partial charge >= 0.3 is 0 Å². The fourth-order valence-corrected chi connectivity index (χ4v) is 3.30. The van der Waals surface area contributed by atoms with E-state index >= 15 is 0 Å². The summed E-state index contributed by atoms with van der Waals surface area (Å²) in [4.78, 5) is 2.78. The first-order valence-corrected chi connectivity index (χ1v) is 8.03. The Balaban J connectivity index is 1.84. The second-order valence-electron chi connectivity index (χ2n) is 7.27. The van der Waals surface area contributed by atoms with Gasteiger partial charge in [0.1, 0.15) is 0 Å². The summed E-state index contributed by atoms with van der Waals surface area (Å²) in [5, 5.41) is 3.77. The average Bonchev–Trinajstić information content (AvgIpc) is 3.09. The van der Waals surface area contributed by atoms with Crippen LogP contribution in [0.1, 0.15) is 53.4 Å². The largest absolute Gasteiger partial charge is 0.311 e. The second kappa shape index (κ2) is 6.38. The molecule has 18 heavy (non-hydrogen) atoms. The molecule has 0 radical (unpaired) electrons. The van der Waals surface area contributed by atoms with Crippen molar-refractivity contribution in [2.24, 2.45) is 17.8 Å². The molecule has 0 spiro atoms. The summed E-state index contributed by atoms with van der Waals surface area (Å²) in [7, 11) is 0. The summed E-state index contributed by atoms with van der Waals surface area (Å²) in [6.45, 7) is 13.2. The quantitative estimate of drug-likeness (QED) is 0.781. The molecule has 2 nitrogen and oxygen atoms in total. The van der Waals surface area contributed by atoms with E-state index in [-0.39, 0.29) is 0 Å². The third-order valence-electron chi connectivity index (χ3n) is 4.59. The van der Waals surface area contributed by atoms with Gasteiger partial charge in [-0.15, -0.1) is 0 Å². The SMILES string of the molecule is CC(C)CC1CN(CCC2CC2)C(C(C)C)CN1. The zero-order valence-electron chi connectivity index (χ0n) is 12.8. The normalized spacial score (nSPS) is 30.3. The fourth-order valence-electron chi connectivity index (χ4n) is 3.30. The molecule has 0 aromatic carbocycles. The molecule has 1 heterocycles. The Morgan fingerprint density at radius 3 is 2.44 bits per heavy atom. The third kappa shape index (κ3) is 4.24. The van der Waals surface area contributed by atoms with E-state index in [4.69, 9.17) is 0 Å². The highest BCUT2D eigenvalue weighted by Crippen LogP contribution is 2.33. The van der Waals surface area contributed by atoms with E-state index in [9.17, 15) is 0 Å². The predicted octanol–water partition coefficient (Wildman–Crippen LogP) is 3.13. The first-order valence-electron chi connectivity index (χ1n) is 8.03. The van der Waals surface area contributed by atoms with Crippen molar-refractivity contribution in [2.75, 3.05) is 19.6 Å². The van der Waals surface area contributed by atoms with Gasteiger partial charge in [0.05, 0.1) is 0 Å². The van der Waals surface area contributed by atoms with E-state index in [0.717, 1.165) is 29.8 Å². The molecule has 2 fully saturated rings. The minimum Gasteiger partial charge on any atom is -0.311 e. The Kier molecular flexibility index (Phi) is 5.08. The Hall–Kier alpha value is -0.0800. The average molecular weight is 252 g/mol. The molecule has 2 rings (SSSR count). The van der Waals surface area contributed by atoms with Crippen LogP contribution in [0.25, 0.3) is 0 Å². The summed E-state index contributed by atoms with van der Waals surface area (Å²) in [6.07, 6.45) is 5.75. The number of hydrogen-bond acceptors (Lipinski definition) is 2. The van der Waals surface area contributed by atoms with Crippen molar-refractivity contribution in [3.8, 4) is 0 Å². The summed E-state index contributed by atoms with van der Waals surface area (Å²) in [6, 6.07) is 1.48. The monoisotopic (exact) mass is 252 g/mol. The third-order valence-corrected chi connectivity index (χ3v) is 4.59. The highest BCUT2D eigenvalue weighted by molar-refractivity contribution is 4.89. The van der Waals surface area contributed by atoms with Gasteiger partial charge in [0.2, 0.25) is 0 Å². The Labute approximate surface area is 114 Å². The Bertz CT molecular complexity index is 245. The molecule has 2 aliphatic rings. The standard InChI is InChI=1S/C16H32N2/c1-12(2)9-15-11-18(8-7-14-5-6-14)16(10-17-15)13(3)4/h12-17H,5-11H2,1-4H3. The molecular weight excluding hydrogens is 220 g/mol. The maximum Gasteiger partial charge on any atom is 0.0244 e. The molecule has 0 aromatic heterocycles. The van der Waals surface area contributed by atoms with Gasteiger partial charge < -0.3 is 5.32 Å². The first-order chi connectivity index (χ1) is 8.56. The van der Waals surface area contributed by atoms with Gasteiger partial charge in [-0.3, -0.25) is 4.90 Å². The lowest BCUT2D eigenvalue weighted by Gasteiger charge is -2.43. The molecular formula is C16H32N2. The van der Waals surface area contributed by atoms with Crippen molar-refractivity contribution in [1.29, 1.82) is 0 Å². The molecule has 1 aliphatic carbocycles.